The zero-order chi connectivity index (χ0) is 14.4. The number of nitrogens with zero attached hydrogens (tertiary/aromatic N) is 3. The van der Waals surface area contributed by atoms with E-state index < -0.39 is 6.04 Å². The molecular formula is C14H12N4O2. The van der Waals surface area contributed by atoms with Crippen LogP contribution in [0.3, 0.4) is 0 Å². The highest BCUT2D eigenvalue weighted by molar-refractivity contribution is 5.81. The number of hydrogen-bond acceptors (Lipinski definition) is 4. The predicted molar refractivity (Wildman–Crippen MR) is 74.8 cm³/mol. The Labute approximate surface area is 113 Å². The molecule has 1 aromatic carbocycles. The molecule has 6 nitrogen and oxygen atoms in total. The molecule has 2 heterocycles. The first-order valence-corrected chi connectivity index (χ1v) is 6.28. The van der Waals surface area contributed by atoms with E-state index in [2.05, 4.69) is 0 Å². The molecule has 1 aliphatic heterocycles. The smallest absolute Gasteiger partial charge is 0.279 e. The number of hydrogen-bond donors (Lipinski definition) is 1. The van der Waals surface area contributed by atoms with Gasteiger partial charge in [-0.1, -0.05) is 19.1 Å². The highest BCUT2D eigenvalue weighted by Gasteiger charge is 2.31. The van der Waals surface area contributed by atoms with Crippen molar-refractivity contribution in [2.24, 2.45) is 5.73 Å². The molecule has 0 radical (unpaired) electrons. The van der Waals surface area contributed by atoms with Gasteiger partial charge in [-0.15, -0.1) is 0 Å². The molecule has 3 rings (SSSR count). The van der Waals surface area contributed by atoms with Crippen molar-refractivity contribution in [3.63, 3.8) is 0 Å². The summed E-state index contributed by atoms with van der Waals surface area (Å²) in [6, 6.07) is 8.12. The third kappa shape index (κ3) is 1.32. The molecule has 2 N–H and O–H groups in total. The first kappa shape index (κ1) is 12.2. The zero-order valence-electron chi connectivity index (χ0n) is 10.8. The number of rotatable bonds is 1. The quantitative estimate of drug-likeness (QED) is 0.826. The molecule has 1 unspecified atom stereocenters. The van der Waals surface area contributed by atoms with Crippen LogP contribution in [0, 0.1) is 11.3 Å². The summed E-state index contributed by atoms with van der Waals surface area (Å²) in [6.45, 7) is 1.84. The Kier molecular flexibility index (Phi) is 2.51. The van der Waals surface area contributed by atoms with Crippen molar-refractivity contribution >= 4 is 16.6 Å². The Morgan fingerprint density at radius 3 is 2.40 bits per heavy atom. The molecule has 0 amide bonds. The molecule has 20 heavy (non-hydrogen) atoms. The highest BCUT2D eigenvalue weighted by atomic mass is 16.2. The van der Waals surface area contributed by atoms with E-state index in [0.29, 0.717) is 17.2 Å². The van der Waals surface area contributed by atoms with Crippen molar-refractivity contribution in [2.75, 3.05) is 0 Å². The average molecular weight is 268 g/mol. The maximum atomic E-state index is 12.6. The van der Waals surface area contributed by atoms with Crippen molar-refractivity contribution in [1.29, 1.82) is 5.26 Å². The molecule has 0 spiro atoms. The van der Waals surface area contributed by atoms with Crippen LogP contribution < -0.4 is 16.9 Å². The molecule has 0 saturated carbocycles. The van der Waals surface area contributed by atoms with Gasteiger partial charge in [0, 0.05) is 0 Å². The van der Waals surface area contributed by atoms with E-state index in [9.17, 15) is 14.9 Å². The Morgan fingerprint density at radius 2 is 1.85 bits per heavy atom. The fourth-order valence-corrected chi connectivity index (χ4v) is 2.70. The van der Waals surface area contributed by atoms with Crippen LogP contribution in [0.5, 0.6) is 0 Å². The van der Waals surface area contributed by atoms with Crippen LogP contribution >= 0.6 is 0 Å². The van der Waals surface area contributed by atoms with Gasteiger partial charge in [-0.25, -0.2) is 4.68 Å². The lowest BCUT2D eigenvalue weighted by Crippen LogP contribution is -2.37. The molecule has 6 heteroatoms. The lowest BCUT2D eigenvalue weighted by Gasteiger charge is -2.14. The van der Waals surface area contributed by atoms with Crippen LogP contribution in [-0.4, -0.2) is 9.36 Å². The highest BCUT2D eigenvalue weighted by Crippen LogP contribution is 2.28. The molecule has 0 bridgehead atoms. The van der Waals surface area contributed by atoms with Crippen LogP contribution in [0.4, 0.5) is 0 Å². The van der Waals surface area contributed by atoms with Crippen molar-refractivity contribution in [2.45, 2.75) is 19.4 Å². The minimum Gasteiger partial charge on any atom is -0.383 e. The molecule has 0 fully saturated rings. The van der Waals surface area contributed by atoms with E-state index in [1.54, 1.807) is 24.3 Å². The predicted octanol–water partition coefficient (Wildman–Crippen LogP) is 0.779. The number of aromatic nitrogens is 2. The Morgan fingerprint density at radius 1 is 1.25 bits per heavy atom. The normalized spacial score (nSPS) is 17.3. The second-order valence-corrected chi connectivity index (χ2v) is 4.65. The largest absolute Gasteiger partial charge is 0.383 e. The number of nitriles is 1. The monoisotopic (exact) mass is 268 g/mol. The van der Waals surface area contributed by atoms with Gasteiger partial charge in [0.1, 0.15) is 11.9 Å². The van der Waals surface area contributed by atoms with Crippen molar-refractivity contribution in [3.05, 3.63) is 50.5 Å². The van der Waals surface area contributed by atoms with E-state index in [-0.39, 0.29) is 22.5 Å². The molecule has 2 aromatic rings. The van der Waals surface area contributed by atoms with Gasteiger partial charge < -0.3 is 5.73 Å². The number of allylic oxidation sites excluding steroid dienone is 1. The molecule has 0 saturated heterocycles. The number of benzene rings is 1. The first-order chi connectivity index (χ1) is 9.61. The minimum atomic E-state index is -0.482. The summed E-state index contributed by atoms with van der Waals surface area (Å²) in [5.74, 6) is 0.0483. The summed E-state index contributed by atoms with van der Waals surface area (Å²) in [7, 11) is 0. The fourth-order valence-electron chi connectivity index (χ4n) is 2.70. The van der Waals surface area contributed by atoms with Gasteiger partial charge in [0.25, 0.3) is 11.1 Å². The van der Waals surface area contributed by atoms with E-state index >= 15 is 0 Å². The van der Waals surface area contributed by atoms with E-state index in [1.807, 2.05) is 13.0 Å². The Balaban J connectivity index is 2.56. The summed E-state index contributed by atoms with van der Waals surface area (Å²) in [6.07, 6.45) is 0.515. The van der Waals surface area contributed by atoms with Gasteiger partial charge >= 0.3 is 0 Å². The zero-order valence-corrected chi connectivity index (χ0v) is 10.8. The van der Waals surface area contributed by atoms with Crippen LogP contribution in [0.15, 0.2) is 39.4 Å². The topological polar surface area (TPSA) is 93.8 Å². The van der Waals surface area contributed by atoms with Crippen LogP contribution in [0.1, 0.15) is 19.4 Å². The number of fused-ring (bicyclic) bond motifs is 2. The van der Waals surface area contributed by atoms with E-state index in [0.717, 1.165) is 4.68 Å². The average Bonchev–Trinajstić information content (AvgIpc) is 2.77. The van der Waals surface area contributed by atoms with Gasteiger partial charge in [0.2, 0.25) is 0 Å². The molecule has 0 aliphatic carbocycles. The molecular weight excluding hydrogens is 256 g/mol. The lowest BCUT2D eigenvalue weighted by atomic mass is 10.1. The van der Waals surface area contributed by atoms with Gasteiger partial charge in [0.15, 0.2) is 0 Å². The maximum Gasteiger partial charge on any atom is 0.279 e. The third-order valence-electron chi connectivity index (χ3n) is 3.64. The SMILES string of the molecule is CCC1C(C#N)=C(N)n2c(=O)c3ccccc3c(=O)n21. The summed E-state index contributed by atoms with van der Waals surface area (Å²) < 4.78 is 2.41. The summed E-state index contributed by atoms with van der Waals surface area (Å²) in [5.41, 5.74) is 5.47. The lowest BCUT2D eigenvalue weighted by molar-refractivity contribution is 0.475. The maximum absolute atomic E-state index is 12.6. The summed E-state index contributed by atoms with van der Waals surface area (Å²) >= 11 is 0. The van der Waals surface area contributed by atoms with E-state index in [1.165, 1.54) is 4.68 Å². The molecule has 1 atom stereocenters. The van der Waals surface area contributed by atoms with Crippen LogP contribution in [0.25, 0.3) is 16.6 Å². The van der Waals surface area contributed by atoms with Crippen molar-refractivity contribution in [1.82, 2.24) is 9.36 Å². The second kappa shape index (κ2) is 4.10. The van der Waals surface area contributed by atoms with Gasteiger partial charge in [-0.05, 0) is 18.6 Å². The molecule has 100 valence electrons. The summed E-state index contributed by atoms with van der Waals surface area (Å²) in [4.78, 5) is 25.0. The first-order valence-electron chi connectivity index (χ1n) is 6.28. The van der Waals surface area contributed by atoms with Crippen molar-refractivity contribution in [3.8, 4) is 6.07 Å². The van der Waals surface area contributed by atoms with Gasteiger partial charge in [0.05, 0.1) is 22.4 Å². The Bertz CT molecular complexity index is 911. The second-order valence-electron chi connectivity index (χ2n) is 4.65. The van der Waals surface area contributed by atoms with Gasteiger partial charge in [-0.3, -0.25) is 9.59 Å². The van der Waals surface area contributed by atoms with Gasteiger partial charge in [-0.2, -0.15) is 9.94 Å². The molecule has 1 aromatic heterocycles. The van der Waals surface area contributed by atoms with Crippen molar-refractivity contribution < 1.29 is 0 Å². The fraction of sp³-hybridized carbons (Fsp3) is 0.214. The standard InChI is InChI=1S/C14H12N4O2/c1-2-11-10(7-15)12(16)18-14(20)9-6-4-3-5-8(9)13(19)17(11)18/h3-6,11H,2,16H2,1H3. The van der Waals surface area contributed by atoms with E-state index in [4.69, 9.17) is 5.73 Å². The third-order valence-corrected chi connectivity index (χ3v) is 3.64. The molecule has 1 aliphatic rings. The Hall–Kier alpha value is -2.81. The van der Waals surface area contributed by atoms with Crippen LogP contribution in [0.2, 0.25) is 0 Å². The van der Waals surface area contributed by atoms with Crippen LogP contribution in [-0.2, 0) is 0 Å². The number of nitrogens with two attached hydrogens (primary N) is 1. The minimum absolute atomic E-state index is 0.0483. The summed E-state index contributed by atoms with van der Waals surface area (Å²) in [5, 5.41) is 9.87.